The molecule has 0 heterocycles. The predicted molar refractivity (Wildman–Crippen MR) is 40.7 cm³/mol. The Labute approximate surface area is 66.2 Å². The third kappa shape index (κ3) is 2.48. The highest BCUT2D eigenvalue weighted by Gasteiger charge is 2.29. The van der Waals surface area contributed by atoms with Crippen molar-refractivity contribution in [3.63, 3.8) is 0 Å². The van der Waals surface area contributed by atoms with Gasteiger partial charge in [0.05, 0.1) is 12.0 Å². The molecule has 0 spiro atoms. The molecule has 11 heavy (non-hydrogen) atoms. The smallest absolute Gasteiger partial charge is 0.230 e. The van der Waals surface area contributed by atoms with Gasteiger partial charge in [0.2, 0.25) is 5.91 Å². The fourth-order valence-electron chi connectivity index (χ4n) is 0.629. The van der Waals surface area contributed by atoms with Crippen LogP contribution in [-0.4, -0.2) is 29.5 Å². The Balaban J connectivity index is 4.12. The quantitative estimate of drug-likeness (QED) is 0.485. The van der Waals surface area contributed by atoms with E-state index in [1.807, 2.05) is 6.92 Å². The van der Waals surface area contributed by atoms with E-state index in [4.69, 9.17) is 10.2 Å². The summed E-state index contributed by atoms with van der Waals surface area (Å²) in [6.07, 6.45) is 0.551. The second-order valence-corrected chi connectivity index (χ2v) is 2.74. The van der Waals surface area contributed by atoms with Crippen molar-refractivity contribution < 1.29 is 15.0 Å². The summed E-state index contributed by atoms with van der Waals surface area (Å²) >= 11 is 0. The fraction of sp³-hybridized carbons (Fsp3) is 0.857. The van der Waals surface area contributed by atoms with Crippen molar-refractivity contribution in [2.75, 3.05) is 13.3 Å². The minimum absolute atomic E-state index is 0.199. The van der Waals surface area contributed by atoms with Crippen molar-refractivity contribution >= 4 is 5.91 Å². The molecule has 0 bridgehead atoms. The van der Waals surface area contributed by atoms with Crippen molar-refractivity contribution in [2.24, 2.45) is 5.41 Å². The third-order valence-electron chi connectivity index (χ3n) is 1.92. The minimum atomic E-state index is -0.761. The van der Waals surface area contributed by atoms with E-state index in [0.717, 1.165) is 0 Å². The van der Waals surface area contributed by atoms with E-state index in [2.05, 4.69) is 5.32 Å². The van der Waals surface area contributed by atoms with Crippen LogP contribution in [0.5, 0.6) is 0 Å². The SMILES string of the molecule is CCC(C)(CO)C(=O)NCO. The van der Waals surface area contributed by atoms with Crippen molar-refractivity contribution in [2.45, 2.75) is 20.3 Å². The lowest BCUT2D eigenvalue weighted by molar-refractivity contribution is -0.133. The first kappa shape index (κ1) is 10.4. The minimum Gasteiger partial charge on any atom is -0.395 e. The van der Waals surface area contributed by atoms with Gasteiger partial charge in [-0.3, -0.25) is 4.79 Å². The van der Waals surface area contributed by atoms with E-state index >= 15 is 0 Å². The third-order valence-corrected chi connectivity index (χ3v) is 1.92. The highest BCUT2D eigenvalue weighted by molar-refractivity contribution is 5.82. The lowest BCUT2D eigenvalue weighted by atomic mass is 9.88. The summed E-state index contributed by atoms with van der Waals surface area (Å²) in [6, 6.07) is 0. The molecule has 0 aromatic carbocycles. The number of hydrogen-bond donors (Lipinski definition) is 3. The van der Waals surface area contributed by atoms with Crippen LogP contribution < -0.4 is 5.32 Å². The van der Waals surface area contributed by atoms with Gasteiger partial charge < -0.3 is 15.5 Å². The Bertz CT molecular complexity index is 132. The maximum Gasteiger partial charge on any atom is 0.230 e. The van der Waals surface area contributed by atoms with Crippen LogP contribution in [-0.2, 0) is 4.79 Å². The highest BCUT2D eigenvalue weighted by atomic mass is 16.3. The number of aliphatic hydroxyl groups excluding tert-OH is 2. The standard InChI is InChI=1S/C7H15NO3/c1-3-7(2,4-9)6(11)8-5-10/h9-10H,3-5H2,1-2H3,(H,8,11). The molecule has 1 amide bonds. The average Bonchev–Trinajstić information content (AvgIpc) is 2.03. The Hall–Kier alpha value is -0.610. The van der Waals surface area contributed by atoms with Gasteiger partial charge in [0.1, 0.15) is 6.73 Å². The molecule has 0 aliphatic carbocycles. The van der Waals surface area contributed by atoms with Crippen LogP contribution in [0.1, 0.15) is 20.3 Å². The predicted octanol–water partition coefficient (Wildman–Crippen LogP) is -0.539. The number of carbonyl (C=O) groups excluding carboxylic acids is 1. The molecule has 1 unspecified atom stereocenters. The van der Waals surface area contributed by atoms with Crippen LogP contribution >= 0.6 is 0 Å². The number of rotatable bonds is 4. The molecule has 0 aromatic rings. The van der Waals surface area contributed by atoms with Crippen molar-refractivity contribution in [3.05, 3.63) is 0 Å². The summed E-state index contributed by atoms with van der Waals surface area (Å²) in [5, 5.41) is 19.5. The van der Waals surface area contributed by atoms with Gasteiger partial charge in [-0.05, 0) is 13.3 Å². The van der Waals surface area contributed by atoms with E-state index in [1.54, 1.807) is 6.92 Å². The Morgan fingerprint density at radius 2 is 2.09 bits per heavy atom. The van der Waals surface area contributed by atoms with E-state index in [0.29, 0.717) is 6.42 Å². The van der Waals surface area contributed by atoms with Gasteiger partial charge in [0, 0.05) is 0 Å². The monoisotopic (exact) mass is 161 g/mol. The summed E-state index contributed by atoms with van der Waals surface area (Å²) in [6.45, 7) is 2.88. The summed E-state index contributed by atoms with van der Waals surface area (Å²) in [4.78, 5) is 11.1. The lowest BCUT2D eigenvalue weighted by Crippen LogP contribution is -2.41. The number of nitrogens with one attached hydrogen (secondary N) is 1. The van der Waals surface area contributed by atoms with E-state index in [1.165, 1.54) is 0 Å². The van der Waals surface area contributed by atoms with Crippen LogP contribution in [0.3, 0.4) is 0 Å². The van der Waals surface area contributed by atoms with Crippen molar-refractivity contribution in [3.8, 4) is 0 Å². The highest BCUT2D eigenvalue weighted by Crippen LogP contribution is 2.19. The van der Waals surface area contributed by atoms with Crippen LogP contribution in [0, 0.1) is 5.41 Å². The number of amides is 1. The summed E-state index contributed by atoms with van der Waals surface area (Å²) in [5.74, 6) is -0.315. The Morgan fingerprint density at radius 1 is 1.55 bits per heavy atom. The molecule has 0 radical (unpaired) electrons. The molecule has 0 saturated heterocycles. The zero-order valence-electron chi connectivity index (χ0n) is 6.92. The molecule has 0 aromatic heterocycles. The topological polar surface area (TPSA) is 69.6 Å². The second kappa shape index (κ2) is 4.31. The van der Waals surface area contributed by atoms with Gasteiger partial charge in [-0.15, -0.1) is 0 Å². The van der Waals surface area contributed by atoms with Gasteiger partial charge in [-0.1, -0.05) is 6.92 Å². The Kier molecular flexibility index (Phi) is 4.07. The van der Waals surface area contributed by atoms with Crippen molar-refractivity contribution in [1.82, 2.24) is 5.32 Å². The first-order valence-corrected chi connectivity index (χ1v) is 3.60. The largest absolute Gasteiger partial charge is 0.395 e. The van der Waals surface area contributed by atoms with Crippen molar-refractivity contribution in [1.29, 1.82) is 0 Å². The van der Waals surface area contributed by atoms with Crippen LogP contribution in [0.2, 0.25) is 0 Å². The maximum absolute atomic E-state index is 11.1. The molecule has 0 aliphatic rings. The molecule has 1 atom stereocenters. The number of carbonyl (C=O) groups is 1. The second-order valence-electron chi connectivity index (χ2n) is 2.74. The zero-order chi connectivity index (χ0) is 8.91. The fourth-order valence-corrected chi connectivity index (χ4v) is 0.629. The van der Waals surface area contributed by atoms with Gasteiger partial charge in [-0.2, -0.15) is 0 Å². The van der Waals surface area contributed by atoms with E-state index in [9.17, 15) is 4.79 Å². The molecule has 66 valence electrons. The summed E-state index contributed by atoms with van der Waals surface area (Å²) < 4.78 is 0. The van der Waals surface area contributed by atoms with Gasteiger partial charge >= 0.3 is 0 Å². The summed E-state index contributed by atoms with van der Waals surface area (Å²) in [5.41, 5.74) is -0.761. The molecule has 4 nitrogen and oxygen atoms in total. The van der Waals surface area contributed by atoms with Crippen LogP contribution in [0.15, 0.2) is 0 Å². The zero-order valence-corrected chi connectivity index (χ0v) is 6.92. The molecule has 0 saturated carbocycles. The summed E-state index contributed by atoms with van der Waals surface area (Å²) in [7, 11) is 0. The van der Waals surface area contributed by atoms with E-state index < -0.39 is 5.41 Å². The number of hydrogen-bond acceptors (Lipinski definition) is 3. The maximum atomic E-state index is 11.1. The molecule has 4 heteroatoms. The number of aliphatic hydroxyl groups is 2. The van der Waals surface area contributed by atoms with E-state index in [-0.39, 0.29) is 19.2 Å². The first-order valence-electron chi connectivity index (χ1n) is 3.60. The normalized spacial score (nSPS) is 15.6. The molecular weight excluding hydrogens is 146 g/mol. The lowest BCUT2D eigenvalue weighted by Gasteiger charge is -2.23. The van der Waals surface area contributed by atoms with Crippen LogP contribution in [0.25, 0.3) is 0 Å². The van der Waals surface area contributed by atoms with Gasteiger partial charge in [-0.25, -0.2) is 0 Å². The molecule has 3 N–H and O–H groups in total. The molecule has 0 aliphatic heterocycles. The van der Waals surface area contributed by atoms with Gasteiger partial charge in [0.25, 0.3) is 0 Å². The molecule has 0 fully saturated rings. The molecular formula is C7H15NO3. The average molecular weight is 161 g/mol. The van der Waals surface area contributed by atoms with Crippen LogP contribution in [0.4, 0.5) is 0 Å². The first-order chi connectivity index (χ1) is 5.10. The Morgan fingerprint density at radius 3 is 2.36 bits per heavy atom. The van der Waals surface area contributed by atoms with Gasteiger partial charge in [0.15, 0.2) is 0 Å². The molecule has 0 rings (SSSR count).